The van der Waals surface area contributed by atoms with Crippen LogP contribution in [-0.4, -0.2) is 6.04 Å². The van der Waals surface area contributed by atoms with Gasteiger partial charge in [0.05, 0.1) is 0 Å². The summed E-state index contributed by atoms with van der Waals surface area (Å²) < 4.78 is 26.5. The molecule has 1 aromatic carbocycles. The third kappa shape index (κ3) is 4.11. The van der Waals surface area contributed by atoms with E-state index in [4.69, 9.17) is 5.73 Å². The van der Waals surface area contributed by atoms with Crippen molar-refractivity contribution in [3.63, 3.8) is 0 Å². The van der Waals surface area contributed by atoms with Gasteiger partial charge in [-0.1, -0.05) is 18.2 Å². The van der Waals surface area contributed by atoms with E-state index in [9.17, 15) is 8.78 Å². The van der Waals surface area contributed by atoms with E-state index >= 15 is 0 Å². The summed E-state index contributed by atoms with van der Waals surface area (Å²) in [5.41, 5.74) is 6.34. The van der Waals surface area contributed by atoms with Crippen LogP contribution in [0.3, 0.4) is 0 Å². The van der Waals surface area contributed by atoms with E-state index in [2.05, 4.69) is 11.4 Å². The van der Waals surface area contributed by atoms with Gasteiger partial charge < -0.3 is 5.73 Å². The van der Waals surface area contributed by atoms with Gasteiger partial charge in [-0.25, -0.2) is 8.78 Å². The summed E-state index contributed by atoms with van der Waals surface area (Å²) in [5, 5.41) is 2.05. The van der Waals surface area contributed by atoms with Crippen LogP contribution in [0.4, 0.5) is 8.78 Å². The lowest BCUT2D eigenvalue weighted by atomic mass is 10.0. The fourth-order valence-corrected chi connectivity index (χ4v) is 2.84. The first kappa shape index (κ1) is 14.2. The number of nitrogens with two attached hydrogens (primary N) is 1. The summed E-state index contributed by atoms with van der Waals surface area (Å²) >= 11 is 1.73. The molecule has 0 aliphatic heterocycles. The Morgan fingerprint density at radius 1 is 1.16 bits per heavy atom. The summed E-state index contributed by atoms with van der Waals surface area (Å²) in [7, 11) is 0. The van der Waals surface area contributed by atoms with E-state index in [-0.39, 0.29) is 6.04 Å². The Labute approximate surface area is 116 Å². The molecule has 0 aliphatic rings. The highest BCUT2D eigenvalue weighted by Crippen LogP contribution is 2.16. The van der Waals surface area contributed by atoms with E-state index in [0.717, 1.165) is 25.3 Å². The minimum atomic E-state index is -0.803. The Morgan fingerprint density at radius 2 is 2.00 bits per heavy atom. The molecule has 0 spiro atoms. The molecule has 19 heavy (non-hydrogen) atoms. The number of benzene rings is 1. The molecule has 0 aliphatic carbocycles. The van der Waals surface area contributed by atoms with Gasteiger partial charge in [0.1, 0.15) is 0 Å². The molecule has 1 aromatic heterocycles. The van der Waals surface area contributed by atoms with Crippen LogP contribution in [0.25, 0.3) is 0 Å². The van der Waals surface area contributed by atoms with E-state index in [0.29, 0.717) is 12.0 Å². The number of hydrogen-bond donors (Lipinski definition) is 1. The smallest absolute Gasteiger partial charge is 0.162 e. The van der Waals surface area contributed by atoms with Crippen molar-refractivity contribution in [3.8, 4) is 0 Å². The Kier molecular flexibility index (Phi) is 5.05. The Morgan fingerprint density at radius 3 is 2.74 bits per heavy atom. The third-order valence-corrected chi connectivity index (χ3v) is 4.03. The molecule has 2 rings (SSSR count). The van der Waals surface area contributed by atoms with Crippen molar-refractivity contribution in [3.05, 3.63) is 57.8 Å². The zero-order valence-corrected chi connectivity index (χ0v) is 11.4. The normalized spacial score (nSPS) is 12.6. The number of thiophene rings is 1. The largest absolute Gasteiger partial charge is 0.327 e. The second-order valence-electron chi connectivity index (χ2n) is 4.65. The van der Waals surface area contributed by atoms with Crippen LogP contribution in [0, 0.1) is 11.6 Å². The zero-order valence-electron chi connectivity index (χ0n) is 10.6. The van der Waals surface area contributed by atoms with Crippen LogP contribution in [0.5, 0.6) is 0 Å². The molecule has 1 atom stereocenters. The molecular weight excluding hydrogens is 264 g/mol. The molecule has 102 valence electrons. The van der Waals surface area contributed by atoms with Gasteiger partial charge in [0.2, 0.25) is 0 Å². The summed E-state index contributed by atoms with van der Waals surface area (Å²) in [4.78, 5) is 1.34. The molecule has 1 heterocycles. The molecule has 0 fully saturated rings. The van der Waals surface area contributed by atoms with Gasteiger partial charge in [-0.15, -0.1) is 11.3 Å². The van der Waals surface area contributed by atoms with Gasteiger partial charge in [0, 0.05) is 10.9 Å². The predicted molar refractivity (Wildman–Crippen MR) is 75.3 cm³/mol. The van der Waals surface area contributed by atoms with Crippen LogP contribution in [-0.2, 0) is 12.8 Å². The lowest BCUT2D eigenvalue weighted by Crippen LogP contribution is -2.23. The fraction of sp³-hybridized carbons (Fsp3) is 0.333. The fourth-order valence-electron chi connectivity index (χ4n) is 2.08. The van der Waals surface area contributed by atoms with Crippen LogP contribution in [0.1, 0.15) is 23.3 Å². The molecule has 1 nitrogen and oxygen atoms in total. The average Bonchev–Trinajstić information content (AvgIpc) is 2.88. The second kappa shape index (κ2) is 6.78. The van der Waals surface area contributed by atoms with E-state index in [1.807, 2.05) is 6.07 Å². The van der Waals surface area contributed by atoms with Crippen LogP contribution in [0.15, 0.2) is 35.7 Å². The maximum Gasteiger partial charge on any atom is 0.162 e. The SMILES string of the molecule is NC(CCCc1cccs1)Cc1cccc(F)c1F. The van der Waals surface area contributed by atoms with Crippen molar-refractivity contribution >= 4 is 11.3 Å². The minimum absolute atomic E-state index is 0.128. The zero-order chi connectivity index (χ0) is 13.7. The molecule has 1 unspecified atom stereocenters. The van der Waals surface area contributed by atoms with Crippen molar-refractivity contribution in [1.82, 2.24) is 0 Å². The Balaban J connectivity index is 1.80. The van der Waals surface area contributed by atoms with Crippen molar-refractivity contribution < 1.29 is 8.78 Å². The molecule has 0 bridgehead atoms. The van der Waals surface area contributed by atoms with Gasteiger partial charge >= 0.3 is 0 Å². The van der Waals surface area contributed by atoms with E-state index in [1.165, 1.54) is 10.9 Å². The summed E-state index contributed by atoms with van der Waals surface area (Å²) in [5.74, 6) is -1.57. The molecule has 0 saturated heterocycles. The maximum atomic E-state index is 13.5. The highest BCUT2D eigenvalue weighted by atomic mass is 32.1. The molecule has 2 aromatic rings. The predicted octanol–water partition coefficient (Wildman–Crippen LogP) is 3.92. The van der Waals surface area contributed by atoms with Crippen molar-refractivity contribution in [2.45, 2.75) is 31.7 Å². The minimum Gasteiger partial charge on any atom is -0.327 e. The quantitative estimate of drug-likeness (QED) is 0.853. The van der Waals surface area contributed by atoms with Crippen molar-refractivity contribution in [2.75, 3.05) is 0 Å². The topological polar surface area (TPSA) is 26.0 Å². The molecule has 2 N–H and O–H groups in total. The van der Waals surface area contributed by atoms with Crippen LogP contribution >= 0.6 is 11.3 Å². The lowest BCUT2D eigenvalue weighted by Gasteiger charge is -2.12. The Bertz CT molecular complexity index is 511. The number of aryl methyl sites for hydroxylation is 1. The van der Waals surface area contributed by atoms with Gasteiger partial charge in [-0.2, -0.15) is 0 Å². The standard InChI is InChI=1S/C15H17F2NS/c16-14-8-1-4-11(15(14)17)10-12(18)5-2-6-13-7-3-9-19-13/h1,3-4,7-9,12H,2,5-6,10,18H2. The third-order valence-electron chi connectivity index (χ3n) is 3.09. The number of hydrogen-bond acceptors (Lipinski definition) is 2. The maximum absolute atomic E-state index is 13.5. The monoisotopic (exact) mass is 281 g/mol. The van der Waals surface area contributed by atoms with E-state index in [1.54, 1.807) is 17.4 Å². The van der Waals surface area contributed by atoms with Gasteiger partial charge in [-0.05, 0) is 48.8 Å². The van der Waals surface area contributed by atoms with Crippen LogP contribution in [0.2, 0.25) is 0 Å². The number of halogens is 2. The molecule has 4 heteroatoms. The summed E-state index contributed by atoms with van der Waals surface area (Å²) in [6.45, 7) is 0. The van der Waals surface area contributed by atoms with Crippen LogP contribution < -0.4 is 5.73 Å². The summed E-state index contributed by atoms with van der Waals surface area (Å²) in [6, 6.07) is 8.24. The highest BCUT2D eigenvalue weighted by molar-refractivity contribution is 7.09. The first-order valence-electron chi connectivity index (χ1n) is 6.37. The first-order chi connectivity index (χ1) is 9.16. The van der Waals surface area contributed by atoms with Gasteiger partial charge in [0.25, 0.3) is 0 Å². The van der Waals surface area contributed by atoms with Gasteiger partial charge in [0.15, 0.2) is 11.6 Å². The molecule has 0 amide bonds. The summed E-state index contributed by atoms with van der Waals surface area (Å²) in [6.07, 6.45) is 3.16. The number of rotatable bonds is 6. The van der Waals surface area contributed by atoms with Gasteiger partial charge in [-0.3, -0.25) is 0 Å². The average molecular weight is 281 g/mol. The van der Waals surface area contributed by atoms with E-state index < -0.39 is 11.6 Å². The molecule has 0 saturated carbocycles. The second-order valence-corrected chi connectivity index (χ2v) is 5.68. The highest BCUT2D eigenvalue weighted by Gasteiger charge is 2.11. The first-order valence-corrected chi connectivity index (χ1v) is 7.25. The Hall–Kier alpha value is -1.26. The van der Waals surface area contributed by atoms with Crippen molar-refractivity contribution in [1.29, 1.82) is 0 Å². The molecular formula is C15H17F2NS. The molecule has 0 radical (unpaired) electrons. The van der Waals surface area contributed by atoms with Crippen molar-refractivity contribution in [2.24, 2.45) is 5.73 Å². The lowest BCUT2D eigenvalue weighted by molar-refractivity contribution is 0.488.